The molecular weight excluding hydrogens is 459 g/mol. The summed E-state index contributed by atoms with van der Waals surface area (Å²) in [5, 5.41) is 19.9. The molecule has 32 heavy (non-hydrogen) atoms. The summed E-state index contributed by atoms with van der Waals surface area (Å²) >= 11 is 12.8. The van der Waals surface area contributed by atoms with E-state index in [0.717, 1.165) is 10.9 Å². The van der Waals surface area contributed by atoms with Crippen molar-refractivity contribution in [2.75, 3.05) is 11.6 Å². The third-order valence-corrected chi connectivity index (χ3v) is 4.67. The second-order valence-electron chi connectivity index (χ2n) is 6.35. The van der Waals surface area contributed by atoms with E-state index in [-0.39, 0.29) is 22.3 Å². The Labute approximate surface area is 192 Å². The molecule has 0 saturated carbocycles. The van der Waals surface area contributed by atoms with Crippen molar-refractivity contribution in [1.82, 2.24) is 9.78 Å². The van der Waals surface area contributed by atoms with Crippen molar-refractivity contribution in [1.29, 1.82) is 5.26 Å². The number of rotatable bonds is 6. The molecule has 0 aliphatic heterocycles. The van der Waals surface area contributed by atoms with E-state index in [9.17, 15) is 9.59 Å². The molecule has 0 unspecified atom stereocenters. The number of halogens is 2. The zero-order valence-electron chi connectivity index (χ0n) is 16.9. The first kappa shape index (κ1) is 22.9. The van der Waals surface area contributed by atoms with Crippen molar-refractivity contribution in [2.45, 2.75) is 6.92 Å². The number of nitriles is 1. The maximum Gasteiger partial charge on any atom is 0.412 e. The molecule has 0 spiro atoms. The van der Waals surface area contributed by atoms with Gasteiger partial charge in [0.05, 0.1) is 21.2 Å². The smallest absolute Gasteiger partial charge is 0.412 e. The predicted octanol–water partition coefficient (Wildman–Crippen LogP) is 4.00. The number of esters is 1. The molecule has 2 aromatic carbocycles. The molecule has 3 rings (SSSR count). The molecule has 0 fully saturated rings. The summed E-state index contributed by atoms with van der Waals surface area (Å²) in [5.41, 5.74) is 5.30. The number of carbonyl (C=O) groups is 2. The van der Waals surface area contributed by atoms with Crippen molar-refractivity contribution in [2.24, 2.45) is 17.9 Å². The zero-order valence-corrected chi connectivity index (χ0v) is 18.4. The van der Waals surface area contributed by atoms with Gasteiger partial charge in [0.25, 0.3) is 0 Å². The Morgan fingerprint density at radius 3 is 2.56 bits per heavy atom. The van der Waals surface area contributed by atoms with Crippen LogP contribution in [0.2, 0.25) is 10.0 Å². The molecule has 1 heterocycles. The minimum absolute atomic E-state index is 0.172. The molecule has 0 radical (unpaired) electrons. The number of aromatic nitrogens is 2. The molecule has 1 aromatic heterocycles. The number of hydrogen-bond acceptors (Lipinski definition) is 8. The Kier molecular flexibility index (Phi) is 6.82. The number of hydrogen-bond donors (Lipinski definition) is 1. The van der Waals surface area contributed by atoms with Gasteiger partial charge in [0.15, 0.2) is 5.75 Å². The minimum atomic E-state index is -1.35. The average Bonchev–Trinajstić information content (AvgIpc) is 3.10. The van der Waals surface area contributed by atoms with Crippen LogP contribution in [-0.2, 0) is 16.6 Å². The number of fused-ring (bicyclic) bond motifs is 1. The molecule has 10 nitrogen and oxygen atoms in total. The van der Waals surface area contributed by atoms with Gasteiger partial charge in [-0.2, -0.15) is 15.5 Å². The molecule has 12 heteroatoms. The molecule has 0 saturated heterocycles. The number of ether oxygens (including phenoxy) is 2. The first-order valence-corrected chi connectivity index (χ1v) is 9.85. The maximum absolute atomic E-state index is 11.8. The Hall–Kier alpha value is -3.81. The fraction of sp³-hybridized carbons (Fsp3) is 0.150. The summed E-state index contributed by atoms with van der Waals surface area (Å²) in [5.74, 6) is -0.552. The average molecular weight is 475 g/mol. The minimum Gasteiger partial charge on any atom is -0.454 e. The number of nitrogens with two attached hydrogens (primary N) is 1. The first-order valence-electron chi connectivity index (χ1n) is 9.10. The summed E-state index contributed by atoms with van der Waals surface area (Å²) < 4.78 is 11.8. The van der Waals surface area contributed by atoms with E-state index < -0.39 is 17.8 Å². The molecule has 0 atom stereocenters. The van der Waals surface area contributed by atoms with Gasteiger partial charge in [-0.15, -0.1) is 0 Å². The van der Waals surface area contributed by atoms with E-state index in [1.807, 2.05) is 19.3 Å². The fourth-order valence-electron chi connectivity index (χ4n) is 2.78. The number of primary amides is 1. The second kappa shape index (κ2) is 9.55. The van der Waals surface area contributed by atoms with Crippen LogP contribution < -0.4 is 15.5 Å². The summed E-state index contributed by atoms with van der Waals surface area (Å²) in [6, 6.07) is 9.92. The van der Waals surface area contributed by atoms with Crippen LogP contribution in [0.1, 0.15) is 6.92 Å². The lowest BCUT2D eigenvalue weighted by molar-refractivity contribution is -0.129. The highest BCUT2D eigenvalue weighted by Crippen LogP contribution is 2.40. The molecule has 164 valence electrons. The largest absolute Gasteiger partial charge is 0.454 e. The van der Waals surface area contributed by atoms with Crippen LogP contribution in [0, 0.1) is 11.3 Å². The summed E-state index contributed by atoms with van der Waals surface area (Å²) in [6.45, 7) is 1.95. The fourth-order valence-corrected chi connectivity index (χ4v) is 3.33. The Bertz CT molecular complexity index is 1260. The van der Waals surface area contributed by atoms with Crippen LogP contribution in [-0.4, -0.2) is 34.1 Å². The summed E-state index contributed by atoms with van der Waals surface area (Å²) in [7, 11) is 1.82. The number of nitrogens with zero attached hydrogens (tertiary/aromatic N) is 5. The van der Waals surface area contributed by atoms with E-state index in [0.29, 0.717) is 11.4 Å². The Morgan fingerprint density at radius 2 is 1.97 bits per heavy atom. The molecule has 0 aliphatic carbocycles. The summed E-state index contributed by atoms with van der Waals surface area (Å²) in [4.78, 5) is 22.5. The van der Waals surface area contributed by atoms with Gasteiger partial charge in [-0.1, -0.05) is 23.2 Å². The quantitative estimate of drug-likeness (QED) is 0.246. The van der Waals surface area contributed by atoms with E-state index >= 15 is 0 Å². The highest BCUT2D eigenvalue weighted by Gasteiger charge is 2.19. The molecule has 1 amide bonds. The first-order chi connectivity index (χ1) is 15.2. The van der Waals surface area contributed by atoms with Gasteiger partial charge >= 0.3 is 12.1 Å². The standard InChI is InChI=1S/C20H16Cl2N6O4/c1-3-28(26-17(9-23)19(29)32-20(24)30)12-7-14(21)18(15(22)8-12)31-13-4-5-16-11(6-13)10-27(2)25-16/h4-8,10H,3H2,1-2H3,(H2,24,30). The lowest BCUT2D eigenvalue weighted by Gasteiger charge is -2.19. The van der Waals surface area contributed by atoms with E-state index in [2.05, 4.69) is 14.9 Å². The van der Waals surface area contributed by atoms with E-state index in [1.165, 1.54) is 17.1 Å². The van der Waals surface area contributed by atoms with Gasteiger partial charge in [-0.3, -0.25) is 9.69 Å². The molecule has 2 N–H and O–H groups in total. The van der Waals surface area contributed by atoms with Gasteiger partial charge in [-0.05, 0) is 37.3 Å². The van der Waals surface area contributed by atoms with E-state index in [1.54, 1.807) is 29.8 Å². The summed E-state index contributed by atoms with van der Waals surface area (Å²) in [6.07, 6.45) is 0.500. The van der Waals surface area contributed by atoms with Gasteiger partial charge in [-0.25, -0.2) is 9.59 Å². The number of benzene rings is 2. The predicted molar refractivity (Wildman–Crippen MR) is 119 cm³/mol. The molecule has 0 aliphatic rings. The normalized spacial score (nSPS) is 11.2. The van der Waals surface area contributed by atoms with Crippen LogP contribution in [0.3, 0.4) is 0 Å². The van der Waals surface area contributed by atoms with Crippen LogP contribution in [0.4, 0.5) is 10.5 Å². The number of aryl methyl sites for hydroxylation is 1. The van der Waals surface area contributed by atoms with Gasteiger partial charge in [0.1, 0.15) is 11.8 Å². The third-order valence-electron chi connectivity index (χ3n) is 4.10. The maximum atomic E-state index is 11.8. The second-order valence-corrected chi connectivity index (χ2v) is 7.16. The van der Waals surface area contributed by atoms with Crippen LogP contribution >= 0.6 is 23.2 Å². The Morgan fingerprint density at radius 1 is 1.28 bits per heavy atom. The van der Waals surface area contributed by atoms with E-state index in [4.69, 9.17) is 38.9 Å². The van der Waals surface area contributed by atoms with Crippen LogP contribution in [0.15, 0.2) is 41.6 Å². The topological polar surface area (TPSA) is 136 Å². The van der Waals surface area contributed by atoms with Crippen molar-refractivity contribution < 1.29 is 19.1 Å². The zero-order chi connectivity index (χ0) is 23.4. The van der Waals surface area contributed by atoms with Crippen LogP contribution in [0.5, 0.6) is 11.5 Å². The highest BCUT2D eigenvalue weighted by molar-refractivity contribution is 6.44. The Balaban J connectivity index is 1.90. The van der Waals surface area contributed by atoms with Crippen molar-refractivity contribution >= 4 is 57.6 Å². The lowest BCUT2D eigenvalue weighted by Crippen LogP contribution is -2.27. The molecular formula is C20H16Cl2N6O4. The number of anilines is 1. The number of amides is 1. The van der Waals surface area contributed by atoms with Crippen molar-refractivity contribution in [3.8, 4) is 17.6 Å². The van der Waals surface area contributed by atoms with Crippen molar-refractivity contribution in [3.63, 3.8) is 0 Å². The van der Waals surface area contributed by atoms with Gasteiger partial charge in [0.2, 0.25) is 5.71 Å². The van der Waals surface area contributed by atoms with Gasteiger partial charge in [0, 0.05) is 25.2 Å². The molecule has 3 aromatic rings. The monoisotopic (exact) mass is 474 g/mol. The number of carbonyl (C=O) groups excluding carboxylic acids is 2. The third kappa shape index (κ3) is 5.08. The van der Waals surface area contributed by atoms with Crippen molar-refractivity contribution in [3.05, 3.63) is 46.6 Å². The SMILES string of the molecule is CCN(N=C(C#N)C(=O)OC(N)=O)c1cc(Cl)c(Oc2ccc3nn(C)cc3c2)c(Cl)c1. The van der Waals surface area contributed by atoms with Gasteiger partial charge < -0.3 is 15.2 Å². The highest BCUT2D eigenvalue weighted by atomic mass is 35.5. The lowest BCUT2D eigenvalue weighted by atomic mass is 10.2. The van der Waals surface area contributed by atoms with Crippen LogP contribution in [0.25, 0.3) is 10.9 Å². The number of hydrazone groups is 1. The molecule has 0 bridgehead atoms.